The van der Waals surface area contributed by atoms with Crippen molar-refractivity contribution in [2.75, 3.05) is 39.8 Å². The number of fused-ring (bicyclic) bond motifs is 2. The Morgan fingerprint density at radius 1 is 1.38 bits per heavy atom. The lowest BCUT2D eigenvalue weighted by Crippen LogP contribution is -2.57. The van der Waals surface area contributed by atoms with Gasteiger partial charge in [0, 0.05) is 50.0 Å². The molecule has 1 spiro atoms. The Morgan fingerprint density at radius 2 is 2.18 bits per heavy atom. The zero-order chi connectivity index (χ0) is 23.7. The first-order chi connectivity index (χ1) is 16.5. The van der Waals surface area contributed by atoms with Crippen LogP contribution in [-0.4, -0.2) is 73.7 Å². The number of carbonyl (C=O) groups is 2. The minimum Gasteiger partial charge on any atom is -0.448 e. The third-order valence-electron chi connectivity index (χ3n) is 6.55. The Balaban J connectivity index is 1.26. The van der Waals surface area contributed by atoms with Crippen LogP contribution in [0.3, 0.4) is 0 Å². The van der Waals surface area contributed by atoms with Crippen molar-refractivity contribution in [3.8, 4) is 17.3 Å². The molecule has 9 nitrogen and oxygen atoms in total. The molecule has 176 valence electrons. The molecule has 0 saturated carbocycles. The monoisotopic (exact) mass is 461 g/mol. The highest BCUT2D eigenvalue weighted by molar-refractivity contribution is 5.95. The highest BCUT2D eigenvalue weighted by atomic mass is 16.6. The van der Waals surface area contributed by atoms with Crippen LogP contribution in [0.5, 0.6) is 0 Å². The number of amides is 1. The van der Waals surface area contributed by atoms with Gasteiger partial charge in [0.25, 0.3) is 5.91 Å². The molecule has 1 amide bonds. The maximum absolute atomic E-state index is 12.5. The van der Waals surface area contributed by atoms with Crippen LogP contribution in [0.1, 0.15) is 27.9 Å². The summed E-state index contributed by atoms with van der Waals surface area (Å²) in [5.74, 6) is -0.584. The summed E-state index contributed by atoms with van der Waals surface area (Å²) < 4.78 is 11.2. The standard InChI is InChI=1S/C25H27N5O4/c1-30-14-25(15-30)20-10-21(28-12-19(20)24(32)34-25)17-5-3-16(4-6-17)9-18(11-26)29-23(31)22-13-27-7-2-8-33-22/h3-6,10,12,18,22,27H,2,7-9,13-15H2,1H3,(H,29,31)/t18-,22-/m0/s1. The van der Waals surface area contributed by atoms with Gasteiger partial charge in [0.15, 0.2) is 5.60 Å². The van der Waals surface area contributed by atoms with Crippen molar-refractivity contribution in [2.45, 2.75) is 30.6 Å². The SMILES string of the molecule is CN1CC2(C1)OC(=O)c1cnc(-c3ccc(C[C@@H](C#N)NC(=O)[C@@H]4CNCCCO4)cc3)cc12. The smallest absolute Gasteiger partial charge is 0.341 e. The van der Waals surface area contributed by atoms with E-state index in [1.165, 1.54) is 0 Å². The number of carbonyl (C=O) groups excluding carboxylic acids is 2. The first-order valence-corrected chi connectivity index (χ1v) is 11.5. The van der Waals surface area contributed by atoms with Crippen LogP contribution in [0.4, 0.5) is 0 Å². The summed E-state index contributed by atoms with van der Waals surface area (Å²) in [5.41, 5.74) is 3.46. The normalized spacial score (nSPS) is 22.1. The molecule has 2 fully saturated rings. The van der Waals surface area contributed by atoms with Crippen LogP contribution in [0.15, 0.2) is 36.5 Å². The maximum atomic E-state index is 12.5. The number of pyridine rings is 1. The molecule has 34 heavy (non-hydrogen) atoms. The van der Waals surface area contributed by atoms with E-state index < -0.39 is 17.7 Å². The van der Waals surface area contributed by atoms with E-state index in [9.17, 15) is 14.9 Å². The number of hydrogen-bond acceptors (Lipinski definition) is 8. The lowest BCUT2D eigenvalue weighted by atomic mass is 9.85. The van der Waals surface area contributed by atoms with Gasteiger partial charge in [0.1, 0.15) is 12.1 Å². The zero-order valence-electron chi connectivity index (χ0n) is 19.0. The molecule has 3 aliphatic rings. The Hall–Kier alpha value is -3.32. The summed E-state index contributed by atoms with van der Waals surface area (Å²) in [6.45, 7) is 3.15. The molecule has 2 aromatic rings. The minimum absolute atomic E-state index is 0.271. The van der Waals surface area contributed by atoms with Crippen LogP contribution in [-0.2, 0) is 26.3 Å². The number of esters is 1. The number of likely N-dealkylation sites (N-methyl/N-ethyl adjacent to an activating group) is 1. The van der Waals surface area contributed by atoms with Crippen LogP contribution in [0, 0.1) is 11.3 Å². The average Bonchev–Trinajstić information content (AvgIpc) is 2.99. The van der Waals surface area contributed by atoms with Crippen molar-refractivity contribution in [1.29, 1.82) is 5.26 Å². The second-order valence-electron chi connectivity index (χ2n) is 9.18. The summed E-state index contributed by atoms with van der Waals surface area (Å²) >= 11 is 0. The Labute approximate surface area is 198 Å². The van der Waals surface area contributed by atoms with Crippen molar-refractivity contribution in [2.24, 2.45) is 0 Å². The van der Waals surface area contributed by atoms with Gasteiger partial charge in [-0.1, -0.05) is 24.3 Å². The van der Waals surface area contributed by atoms with Gasteiger partial charge in [-0.15, -0.1) is 0 Å². The van der Waals surface area contributed by atoms with Gasteiger partial charge < -0.3 is 20.1 Å². The largest absolute Gasteiger partial charge is 0.448 e. The molecule has 1 aromatic carbocycles. The van der Waals surface area contributed by atoms with Gasteiger partial charge in [-0.05, 0) is 31.6 Å². The molecule has 0 unspecified atom stereocenters. The molecule has 5 rings (SSSR count). The number of nitrogens with zero attached hydrogens (tertiary/aromatic N) is 3. The lowest BCUT2D eigenvalue weighted by Gasteiger charge is -2.44. The van der Waals surface area contributed by atoms with Gasteiger partial charge in [-0.2, -0.15) is 5.26 Å². The molecule has 0 radical (unpaired) electrons. The number of rotatable bonds is 5. The number of aromatic nitrogens is 1. The Morgan fingerprint density at radius 3 is 2.91 bits per heavy atom. The Bertz CT molecular complexity index is 1130. The van der Waals surface area contributed by atoms with Gasteiger partial charge in [0.05, 0.1) is 17.3 Å². The number of nitrogens with one attached hydrogen (secondary N) is 2. The second-order valence-corrected chi connectivity index (χ2v) is 9.18. The van der Waals surface area contributed by atoms with Crippen molar-refractivity contribution in [3.05, 3.63) is 53.2 Å². The molecule has 4 heterocycles. The second kappa shape index (κ2) is 9.14. The minimum atomic E-state index is -0.651. The van der Waals surface area contributed by atoms with Crippen LogP contribution >= 0.6 is 0 Å². The van der Waals surface area contributed by atoms with Gasteiger partial charge in [0.2, 0.25) is 0 Å². The van der Waals surface area contributed by atoms with Crippen LogP contribution in [0.25, 0.3) is 11.3 Å². The molecule has 9 heteroatoms. The third-order valence-corrected chi connectivity index (χ3v) is 6.55. The van der Waals surface area contributed by atoms with Crippen LogP contribution in [0.2, 0.25) is 0 Å². The topological polar surface area (TPSA) is 117 Å². The molecule has 3 aliphatic heterocycles. The number of benzene rings is 1. The first kappa shape index (κ1) is 22.5. The molecule has 2 N–H and O–H groups in total. The predicted molar refractivity (Wildman–Crippen MR) is 123 cm³/mol. The summed E-state index contributed by atoms with van der Waals surface area (Å²) in [7, 11) is 2.00. The summed E-state index contributed by atoms with van der Waals surface area (Å²) in [6.07, 6.45) is 2.26. The molecular weight excluding hydrogens is 434 g/mol. The van der Waals surface area contributed by atoms with Crippen molar-refractivity contribution in [1.82, 2.24) is 20.5 Å². The molecular formula is C25H27N5O4. The van der Waals surface area contributed by atoms with E-state index in [1.54, 1.807) is 6.20 Å². The fraction of sp³-hybridized carbons (Fsp3) is 0.440. The summed E-state index contributed by atoms with van der Waals surface area (Å²) in [4.78, 5) is 31.3. The van der Waals surface area contributed by atoms with E-state index in [0.29, 0.717) is 38.2 Å². The quantitative estimate of drug-likeness (QED) is 0.634. The Kier molecular flexibility index (Phi) is 6.04. The van der Waals surface area contributed by atoms with E-state index in [2.05, 4.69) is 26.6 Å². The van der Waals surface area contributed by atoms with E-state index in [4.69, 9.17) is 9.47 Å². The molecule has 2 atom stereocenters. The number of likely N-dealkylation sites (tertiary alicyclic amines) is 1. The van der Waals surface area contributed by atoms with E-state index in [1.807, 2.05) is 37.4 Å². The average molecular weight is 462 g/mol. The third kappa shape index (κ3) is 4.28. The van der Waals surface area contributed by atoms with E-state index in [-0.39, 0.29) is 11.9 Å². The highest BCUT2D eigenvalue weighted by Crippen LogP contribution is 2.43. The zero-order valence-corrected chi connectivity index (χ0v) is 19.0. The van der Waals surface area contributed by atoms with E-state index in [0.717, 1.165) is 35.3 Å². The molecule has 0 aliphatic carbocycles. The van der Waals surface area contributed by atoms with Crippen LogP contribution < -0.4 is 10.6 Å². The number of hydrogen-bond donors (Lipinski definition) is 2. The summed E-state index contributed by atoms with van der Waals surface area (Å²) in [6, 6.07) is 11.2. The number of ether oxygens (including phenoxy) is 2. The molecule has 1 aromatic heterocycles. The lowest BCUT2D eigenvalue weighted by molar-refractivity contribution is -0.132. The van der Waals surface area contributed by atoms with Gasteiger partial charge in [-0.3, -0.25) is 14.7 Å². The van der Waals surface area contributed by atoms with Crippen molar-refractivity contribution < 1.29 is 19.1 Å². The predicted octanol–water partition coefficient (Wildman–Crippen LogP) is 0.989. The fourth-order valence-corrected chi connectivity index (χ4v) is 4.83. The molecule has 0 bridgehead atoms. The van der Waals surface area contributed by atoms with E-state index >= 15 is 0 Å². The first-order valence-electron chi connectivity index (χ1n) is 11.5. The number of nitriles is 1. The maximum Gasteiger partial charge on any atom is 0.341 e. The summed E-state index contributed by atoms with van der Waals surface area (Å²) in [5, 5.41) is 15.5. The fourth-order valence-electron chi connectivity index (χ4n) is 4.83. The highest BCUT2D eigenvalue weighted by Gasteiger charge is 2.53. The van der Waals surface area contributed by atoms with Crippen molar-refractivity contribution >= 4 is 11.9 Å². The van der Waals surface area contributed by atoms with Gasteiger partial charge in [-0.25, -0.2) is 4.79 Å². The molecule has 2 saturated heterocycles. The van der Waals surface area contributed by atoms with Gasteiger partial charge >= 0.3 is 5.97 Å². The van der Waals surface area contributed by atoms with Crippen molar-refractivity contribution in [3.63, 3.8) is 0 Å².